The monoisotopic (exact) mass is 331 g/mol. The first-order valence-electron chi connectivity index (χ1n) is 7.30. The van der Waals surface area contributed by atoms with Crippen LogP contribution in [0.2, 0.25) is 0 Å². The minimum absolute atomic E-state index is 0.255. The molecule has 1 aromatic heterocycles. The zero-order valence-electron chi connectivity index (χ0n) is 13.3. The van der Waals surface area contributed by atoms with Crippen molar-refractivity contribution in [2.45, 2.75) is 44.9 Å². The Morgan fingerprint density at radius 1 is 1.39 bits per heavy atom. The Kier molecular flexibility index (Phi) is 4.45. The molecule has 1 fully saturated rings. The number of carbonyl (C=O) groups is 1. The normalized spacial score (nSPS) is 19.0. The van der Waals surface area contributed by atoms with E-state index in [4.69, 9.17) is 0 Å². The van der Waals surface area contributed by atoms with E-state index in [2.05, 4.69) is 4.98 Å². The highest BCUT2D eigenvalue weighted by atomic mass is 19.4. The van der Waals surface area contributed by atoms with Crippen LogP contribution in [0, 0.1) is 0 Å². The summed E-state index contributed by atoms with van der Waals surface area (Å²) in [5.74, 6) is 0. The van der Waals surface area contributed by atoms with Crippen molar-refractivity contribution in [1.82, 2.24) is 9.88 Å². The first kappa shape index (κ1) is 17.4. The molecule has 1 aromatic rings. The van der Waals surface area contributed by atoms with Gasteiger partial charge in [0.1, 0.15) is 5.69 Å². The molecule has 0 bridgehead atoms. The number of anilines is 1. The molecule has 0 spiro atoms. The van der Waals surface area contributed by atoms with Crippen LogP contribution in [0.5, 0.6) is 0 Å². The van der Waals surface area contributed by atoms with Crippen LogP contribution in [0.1, 0.15) is 32.9 Å². The lowest BCUT2D eigenvalue weighted by Crippen LogP contribution is -2.52. The zero-order chi connectivity index (χ0) is 17.4. The predicted octanol–water partition coefficient (Wildman–Crippen LogP) is 3.46. The minimum atomic E-state index is -4.49. The van der Waals surface area contributed by atoms with Gasteiger partial charge >= 0.3 is 12.3 Å². The van der Waals surface area contributed by atoms with Crippen molar-refractivity contribution in [2.75, 3.05) is 18.0 Å². The van der Waals surface area contributed by atoms with Gasteiger partial charge in [0.25, 0.3) is 0 Å². The van der Waals surface area contributed by atoms with E-state index < -0.39 is 23.5 Å². The number of rotatable bonds is 2. The maximum Gasteiger partial charge on any atom is 0.433 e. The summed E-state index contributed by atoms with van der Waals surface area (Å²) in [5.41, 5.74) is -1.10. The van der Waals surface area contributed by atoms with E-state index in [1.54, 1.807) is 25.7 Å². The van der Waals surface area contributed by atoms with Gasteiger partial charge in [-0.2, -0.15) is 13.2 Å². The Bertz CT molecular complexity index is 584. The van der Waals surface area contributed by atoms with Gasteiger partial charge in [-0.05, 0) is 39.3 Å². The van der Waals surface area contributed by atoms with E-state index in [0.29, 0.717) is 25.2 Å². The third-order valence-electron chi connectivity index (χ3n) is 3.86. The van der Waals surface area contributed by atoms with E-state index in [1.165, 1.54) is 11.0 Å². The highest BCUT2D eigenvalue weighted by Crippen LogP contribution is 2.32. The van der Waals surface area contributed by atoms with E-state index in [-0.39, 0.29) is 6.04 Å². The molecule has 1 amide bonds. The number of amides is 1. The zero-order valence-corrected chi connectivity index (χ0v) is 13.3. The number of halogens is 3. The fraction of sp³-hybridized carbons (Fsp3) is 0.600. The first-order chi connectivity index (χ1) is 10.5. The summed E-state index contributed by atoms with van der Waals surface area (Å²) < 4.78 is 38.3. The van der Waals surface area contributed by atoms with E-state index >= 15 is 0 Å². The van der Waals surface area contributed by atoms with Gasteiger partial charge in [-0.3, -0.25) is 9.88 Å². The highest BCUT2D eigenvalue weighted by Gasteiger charge is 2.38. The van der Waals surface area contributed by atoms with Gasteiger partial charge in [-0.25, -0.2) is 4.79 Å². The van der Waals surface area contributed by atoms with Crippen LogP contribution < -0.4 is 4.90 Å². The van der Waals surface area contributed by atoms with Crippen molar-refractivity contribution in [3.63, 3.8) is 0 Å². The number of hydrogen-bond donors (Lipinski definition) is 1. The van der Waals surface area contributed by atoms with Gasteiger partial charge in [0, 0.05) is 30.5 Å². The molecule has 128 valence electrons. The molecule has 0 unspecified atom stereocenters. The number of nitrogens with zero attached hydrogens (tertiary/aromatic N) is 3. The number of hydrogen-bond acceptors (Lipinski definition) is 3. The quantitative estimate of drug-likeness (QED) is 0.902. The largest absolute Gasteiger partial charge is 0.465 e. The van der Waals surface area contributed by atoms with Gasteiger partial charge in [0.05, 0.1) is 6.04 Å². The van der Waals surface area contributed by atoms with Crippen molar-refractivity contribution in [2.24, 2.45) is 0 Å². The summed E-state index contributed by atoms with van der Waals surface area (Å²) in [5, 5.41) is 9.43. The summed E-state index contributed by atoms with van der Waals surface area (Å²) in [6.07, 6.45) is -3.81. The van der Waals surface area contributed by atoms with Crippen LogP contribution in [0.4, 0.5) is 23.7 Å². The fourth-order valence-corrected chi connectivity index (χ4v) is 2.95. The van der Waals surface area contributed by atoms with E-state index in [9.17, 15) is 23.1 Å². The van der Waals surface area contributed by atoms with Gasteiger partial charge in [-0.15, -0.1) is 0 Å². The number of aromatic nitrogens is 1. The van der Waals surface area contributed by atoms with Gasteiger partial charge in [-0.1, -0.05) is 0 Å². The van der Waals surface area contributed by atoms with Crippen LogP contribution in [-0.2, 0) is 6.18 Å². The molecular formula is C15H20F3N3O2. The maximum absolute atomic E-state index is 12.8. The lowest BCUT2D eigenvalue weighted by atomic mass is 10.0. The highest BCUT2D eigenvalue weighted by molar-refractivity contribution is 5.67. The smallest absolute Gasteiger partial charge is 0.433 e. The summed E-state index contributed by atoms with van der Waals surface area (Å²) in [6, 6.07) is 2.26. The van der Waals surface area contributed by atoms with Crippen LogP contribution in [0.15, 0.2) is 18.3 Å². The first-order valence-corrected chi connectivity index (χ1v) is 7.30. The summed E-state index contributed by atoms with van der Waals surface area (Å²) in [6.45, 7) is 6.28. The van der Waals surface area contributed by atoms with Gasteiger partial charge in [0.2, 0.25) is 0 Å². The second-order valence-corrected chi connectivity index (χ2v) is 6.61. The molecule has 2 heterocycles. The second kappa shape index (κ2) is 5.90. The SMILES string of the molecule is CC(C)(C)N(C(=O)O)[C@@H]1CCN(c2ccnc(C(F)(F)F)c2)C1. The van der Waals surface area contributed by atoms with Gasteiger partial charge < -0.3 is 10.0 Å². The average molecular weight is 331 g/mol. The number of alkyl halides is 3. The molecule has 0 radical (unpaired) electrons. The maximum atomic E-state index is 12.8. The average Bonchev–Trinajstić information content (AvgIpc) is 2.85. The molecule has 0 aliphatic carbocycles. The van der Waals surface area contributed by atoms with E-state index in [1.807, 2.05) is 0 Å². The Morgan fingerprint density at radius 2 is 2.04 bits per heavy atom. The van der Waals surface area contributed by atoms with Crippen LogP contribution in [0.25, 0.3) is 0 Å². The van der Waals surface area contributed by atoms with Crippen molar-refractivity contribution in [3.05, 3.63) is 24.0 Å². The van der Waals surface area contributed by atoms with Crippen molar-refractivity contribution < 1.29 is 23.1 Å². The Morgan fingerprint density at radius 3 is 2.57 bits per heavy atom. The third-order valence-corrected chi connectivity index (χ3v) is 3.86. The van der Waals surface area contributed by atoms with Crippen molar-refractivity contribution in [1.29, 1.82) is 0 Å². The standard InChI is InChI=1S/C15H20F3N3O2/c1-14(2,3)21(13(22)23)11-5-7-20(9-11)10-4-6-19-12(8-10)15(16,17)18/h4,6,8,11H,5,7,9H2,1-3H3,(H,22,23)/t11-/m1/s1. The van der Waals surface area contributed by atoms with Crippen LogP contribution in [-0.4, -0.2) is 45.8 Å². The fourth-order valence-electron chi connectivity index (χ4n) is 2.95. The Balaban J connectivity index is 2.18. The Hall–Kier alpha value is -1.99. The van der Waals surface area contributed by atoms with Crippen molar-refractivity contribution >= 4 is 11.8 Å². The molecule has 1 aliphatic heterocycles. The van der Waals surface area contributed by atoms with Crippen LogP contribution >= 0.6 is 0 Å². The van der Waals surface area contributed by atoms with Gasteiger partial charge in [0.15, 0.2) is 0 Å². The molecule has 0 saturated carbocycles. The van der Waals surface area contributed by atoms with E-state index in [0.717, 1.165) is 12.3 Å². The lowest BCUT2D eigenvalue weighted by molar-refractivity contribution is -0.141. The Labute approximate surface area is 132 Å². The molecule has 1 aliphatic rings. The molecular weight excluding hydrogens is 311 g/mol. The topological polar surface area (TPSA) is 56.7 Å². The molecule has 23 heavy (non-hydrogen) atoms. The third kappa shape index (κ3) is 3.86. The lowest BCUT2D eigenvalue weighted by Gasteiger charge is -2.38. The molecule has 0 aromatic carbocycles. The minimum Gasteiger partial charge on any atom is -0.465 e. The summed E-state index contributed by atoms with van der Waals surface area (Å²) in [7, 11) is 0. The summed E-state index contributed by atoms with van der Waals surface area (Å²) in [4.78, 5) is 18.0. The summed E-state index contributed by atoms with van der Waals surface area (Å²) >= 11 is 0. The van der Waals surface area contributed by atoms with Crippen molar-refractivity contribution in [3.8, 4) is 0 Å². The molecule has 1 atom stereocenters. The molecule has 8 heteroatoms. The molecule has 5 nitrogen and oxygen atoms in total. The second-order valence-electron chi connectivity index (χ2n) is 6.61. The molecule has 1 saturated heterocycles. The van der Waals surface area contributed by atoms with Crippen LogP contribution in [0.3, 0.4) is 0 Å². The molecule has 2 rings (SSSR count). The molecule has 1 N–H and O–H groups in total. The number of pyridine rings is 1. The predicted molar refractivity (Wildman–Crippen MR) is 79.5 cm³/mol. The number of carboxylic acid groups (broad SMARTS) is 1.